The Labute approximate surface area is 121 Å². The van der Waals surface area contributed by atoms with E-state index in [-0.39, 0.29) is 6.61 Å². The predicted octanol–water partition coefficient (Wildman–Crippen LogP) is 1.74. The number of aliphatic hydroxyl groups is 1. The number of piperidine rings is 1. The summed E-state index contributed by atoms with van der Waals surface area (Å²) in [6, 6.07) is 0. The summed E-state index contributed by atoms with van der Waals surface area (Å²) in [6.07, 6.45) is 5.14. The molecule has 104 valence electrons. The number of halogens is 1. The van der Waals surface area contributed by atoms with Crippen LogP contribution in [-0.4, -0.2) is 41.4 Å². The molecule has 0 radical (unpaired) electrons. The van der Waals surface area contributed by atoms with E-state index in [0.717, 1.165) is 45.0 Å². The van der Waals surface area contributed by atoms with Crippen LogP contribution in [0.4, 0.5) is 5.82 Å². The first-order valence-corrected chi connectivity index (χ1v) is 7.47. The molecule has 1 spiro atoms. The summed E-state index contributed by atoms with van der Waals surface area (Å²) >= 11 is 3.29. The standard InChI is InChI=1S/C13H18BrN3O2/c14-11-7-15-12(10(8-18)16-11)17-4-1-13(2-5-17)3-6-19-9-13/h7,18H,1-6,8-9H2. The van der Waals surface area contributed by atoms with Crippen LogP contribution in [0.1, 0.15) is 25.0 Å². The Kier molecular flexibility index (Phi) is 3.73. The smallest absolute Gasteiger partial charge is 0.152 e. The minimum Gasteiger partial charge on any atom is -0.390 e. The van der Waals surface area contributed by atoms with Gasteiger partial charge in [-0.2, -0.15) is 0 Å². The Balaban J connectivity index is 1.74. The van der Waals surface area contributed by atoms with Crippen molar-refractivity contribution in [3.63, 3.8) is 0 Å². The fourth-order valence-electron chi connectivity index (χ4n) is 3.00. The largest absolute Gasteiger partial charge is 0.390 e. The van der Waals surface area contributed by atoms with Gasteiger partial charge < -0.3 is 14.7 Å². The van der Waals surface area contributed by atoms with Gasteiger partial charge in [0.15, 0.2) is 5.82 Å². The van der Waals surface area contributed by atoms with E-state index in [1.165, 1.54) is 6.42 Å². The number of hydrogen-bond acceptors (Lipinski definition) is 5. The highest BCUT2D eigenvalue weighted by atomic mass is 79.9. The lowest BCUT2D eigenvalue weighted by atomic mass is 9.78. The summed E-state index contributed by atoms with van der Waals surface area (Å²) in [5, 5.41) is 9.41. The van der Waals surface area contributed by atoms with Crippen LogP contribution in [0.15, 0.2) is 10.8 Å². The Morgan fingerprint density at radius 2 is 2.16 bits per heavy atom. The molecule has 6 heteroatoms. The molecule has 2 aliphatic heterocycles. The van der Waals surface area contributed by atoms with E-state index in [1.54, 1.807) is 6.20 Å². The van der Waals surface area contributed by atoms with Crippen molar-refractivity contribution in [1.29, 1.82) is 0 Å². The van der Waals surface area contributed by atoms with Crippen molar-refractivity contribution in [2.45, 2.75) is 25.9 Å². The molecular weight excluding hydrogens is 310 g/mol. The van der Waals surface area contributed by atoms with E-state index in [2.05, 4.69) is 30.8 Å². The summed E-state index contributed by atoms with van der Waals surface area (Å²) < 4.78 is 6.21. The molecule has 0 amide bonds. The summed E-state index contributed by atoms with van der Waals surface area (Å²) in [5.74, 6) is 0.819. The van der Waals surface area contributed by atoms with E-state index >= 15 is 0 Å². The van der Waals surface area contributed by atoms with Crippen molar-refractivity contribution in [2.75, 3.05) is 31.2 Å². The SMILES string of the molecule is OCc1nc(Br)cnc1N1CCC2(CCOC2)CC1. The second kappa shape index (κ2) is 5.34. The van der Waals surface area contributed by atoms with Crippen LogP contribution < -0.4 is 4.90 Å². The summed E-state index contributed by atoms with van der Waals surface area (Å²) in [4.78, 5) is 10.9. The maximum absolute atomic E-state index is 9.41. The number of hydrogen-bond donors (Lipinski definition) is 1. The van der Waals surface area contributed by atoms with Gasteiger partial charge in [-0.25, -0.2) is 9.97 Å². The van der Waals surface area contributed by atoms with Crippen molar-refractivity contribution < 1.29 is 9.84 Å². The van der Waals surface area contributed by atoms with Gasteiger partial charge in [0.05, 0.1) is 19.4 Å². The molecule has 5 nitrogen and oxygen atoms in total. The van der Waals surface area contributed by atoms with Crippen molar-refractivity contribution in [3.8, 4) is 0 Å². The molecule has 1 aromatic rings. The molecule has 1 N–H and O–H groups in total. The van der Waals surface area contributed by atoms with Crippen LogP contribution in [0.25, 0.3) is 0 Å². The van der Waals surface area contributed by atoms with Gasteiger partial charge in [-0.15, -0.1) is 0 Å². The average Bonchev–Trinajstić information content (AvgIpc) is 2.88. The molecule has 2 saturated heterocycles. The molecule has 2 aliphatic rings. The van der Waals surface area contributed by atoms with Crippen molar-refractivity contribution >= 4 is 21.7 Å². The Morgan fingerprint density at radius 3 is 2.79 bits per heavy atom. The van der Waals surface area contributed by atoms with Crippen molar-refractivity contribution in [2.24, 2.45) is 5.41 Å². The highest BCUT2D eigenvalue weighted by Gasteiger charge is 2.38. The lowest BCUT2D eigenvalue weighted by molar-refractivity contribution is 0.133. The first kappa shape index (κ1) is 13.3. The fourth-order valence-corrected chi connectivity index (χ4v) is 3.32. The third kappa shape index (κ3) is 2.61. The molecule has 3 rings (SSSR count). The molecule has 0 aromatic carbocycles. The fraction of sp³-hybridized carbons (Fsp3) is 0.692. The van der Waals surface area contributed by atoms with Gasteiger partial charge in [0.1, 0.15) is 10.3 Å². The van der Waals surface area contributed by atoms with Crippen LogP contribution in [0.5, 0.6) is 0 Å². The number of nitrogens with zero attached hydrogens (tertiary/aromatic N) is 3. The van der Waals surface area contributed by atoms with Crippen LogP contribution >= 0.6 is 15.9 Å². The van der Waals surface area contributed by atoms with Gasteiger partial charge in [-0.3, -0.25) is 0 Å². The first-order chi connectivity index (χ1) is 9.22. The quantitative estimate of drug-likeness (QED) is 0.896. The highest BCUT2D eigenvalue weighted by Crippen LogP contribution is 2.40. The zero-order valence-corrected chi connectivity index (χ0v) is 12.4. The van der Waals surface area contributed by atoms with Gasteiger partial charge in [0.25, 0.3) is 0 Å². The molecule has 19 heavy (non-hydrogen) atoms. The Bertz CT molecular complexity index is 453. The second-order valence-electron chi connectivity index (χ2n) is 5.41. The van der Waals surface area contributed by atoms with Crippen LogP contribution in [0.3, 0.4) is 0 Å². The van der Waals surface area contributed by atoms with E-state index in [0.29, 0.717) is 15.7 Å². The van der Waals surface area contributed by atoms with Crippen molar-refractivity contribution in [3.05, 3.63) is 16.5 Å². The van der Waals surface area contributed by atoms with E-state index in [1.807, 2.05) is 0 Å². The van der Waals surface area contributed by atoms with E-state index in [4.69, 9.17) is 4.74 Å². The van der Waals surface area contributed by atoms with Crippen molar-refractivity contribution in [1.82, 2.24) is 9.97 Å². The van der Waals surface area contributed by atoms with Crippen LogP contribution in [-0.2, 0) is 11.3 Å². The summed E-state index contributed by atoms with van der Waals surface area (Å²) in [6.45, 7) is 3.66. The Hall–Kier alpha value is -0.720. The molecule has 0 saturated carbocycles. The van der Waals surface area contributed by atoms with E-state index in [9.17, 15) is 5.11 Å². The van der Waals surface area contributed by atoms with Crippen LogP contribution in [0, 0.1) is 5.41 Å². The molecule has 0 aliphatic carbocycles. The number of ether oxygens (including phenoxy) is 1. The Morgan fingerprint density at radius 1 is 1.37 bits per heavy atom. The monoisotopic (exact) mass is 327 g/mol. The number of anilines is 1. The second-order valence-corrected chi connectivity index (χ2v) is 6.22. The maximum Gasteiger partial charge on any atom is 0.152 e. The van der Waals surface area contributed by atoms with Crippen LogP contribution in [0.2, 0.25) is 0 Å². The maximum atomic E-state index is 9.41. The van der Waals surface area contributed by atoms with Gasteiger partial charge in [0, 0.05) is 19.7 Å². The zero-order chi connectivity index (χ0) is 13.3. The minimum atomic E-state index is -0.0769. The van der Waals surface area contributed by atoms with Gasteiger partial charge in [-0.05, 0) is 40.6 Å². The molecule has 0 bridgehead atoms. The molecule has 3 heterocycles. The van der Waals surface area contributed by atoms with E-state index < -0.39 is 0 Å². The lowest BCUT2D eigenvalue weighted by Crippen LogP contribution is -2.41. The molecule has 1 aromatic heterocycles. The van der Waals surface area contributed by atoms with Gasteiger partial charge in [-0.1, -0.05) is 0 Å². The topological polar surface area (TPSA) is 58.5 Å². The average molecular weight is 328 g/mol. The minimum absolute atomic E-state index is 0.0769. The number of rotatable bonds is 2. The number of aromatic nitrogens is 2. The van der Waals surface area contributed by atoms with Gasteiger partial charge >= 0.3 is 0 Å². The summed E-state index contributed by atoms with van der Waals surface area (Å²) in [7, 11) is 0. The molecule has 0 atom stereocenters. The number of aliphatic hydroxyl groups excluding tert-OH is 1. The lowest BCUT2D eigenvalue weighted by Gasteiger charge is -2.39. The molecular formula is C13H18BrN3O2. The highest BCUT2D eigenvalue weighted by molar-refractivity contribution is 9.10. The first-order valence-electron chi connectivity index (χ1n) is 6.67. The zero-order valence-electron chi connectivity index (χ0n) is 10.8. The third-order valence-electron chi connectivity index (χ3n) is 4.25. The van der Waals surface area contributed by atoms with Gasteiger partial charge in [0.2, 0.25) is 0 Å². The molecule has 2 fully saturated rings. The predicted molar refractivity (Wildman–Crippen MR) is 75.0 cm³/mol. The third-order valence-corrected chi connectivity index (χ3v) is 4.63. The normalized spacial score (nSPS) is 22.1. The summed E-state index contributed by atoms with van der Waals surface area (Å²) in [5.41, 5.74) is 1.03. The molecule has 0 unspecified atom stereocenters.